The molecule has 1 aromatic carbocycles. The zero-order valence-electron chi connectivity index (χ0n) is 10.8. The van der Waals surface area contributed by atoms with E-state index in [1.807, 2.05) is 18.4 Å². The number of carbonyl (C=O) groups is 1. The zero-order valence-corrected chi connectivity index (χ0v) is 12.4. The highest BCUT2D eigenvalue weighted by Crippen LogP contribution is 2.29. The van der Waals surface area contributed by atoms with E-state index in [0.717, 1.165) is 16.9 Å². The molecule has 1 heterocycles. The number of benzene rings is 1. The summed E-state index contributed by atoms with van der Waals surface area (Å²) < 4.78 is 0. The van der Waals surface area contributed by atoms with Crippen molar-refractivity contribution >= 4 is 40.2 Å². The number of nitrogens with zero attached hydrogens (tertiary/aromatic N) is 1. The third kappa shape index (κ3) is 2.74. The smallest absolute Gasteiger partial charge is 0.268 e. The standard InChI is InChI=1S/C14H15ClN2OS/c1-3-9-6-7-19-13(9)14(18)17(2)12-8-10(15)4-5-11(12)16/h4-8H,3,16H2,1-2H3. The van der Waals surface area contributed by atoms with Gasteiger partial charge in [0, 0.05) is 12.1 Å². The molecule has 2 aromatic rings. The fourth-order valence-corrected chi connectivity index (χ4v) is 3.01. The molecule has 100 valence electrons. The third-order valence-corrected chi connectivity index (χ3v) is 4.16. The van der Waals surface area contributed by atoms with Crippen LogP contribution < -0.4 is 10.6 Å². The lowest BCUT2D eigenvalue weighted by molar-refractivity contribution is 0.0996. The van der Waals surface area contributed by atoms with Crippen molar-refractivity contribution < 1.29 is 4.79 Å². The molecule has 0 saturated heterocycles. The Balaban J connectivity index is 2.36. The predicted molar refractivity (Wildman–Crippen MR) is 82.3 cm³/mol. The van der Waals surface area contributed by atoms with Crippen LogP contribution in [-0.2, 0) is 6.42 Å². The Hall–Kier alpha value is -1.52. The molecule has 0 aliphatic rings. The highest BCUT2D eigenvalue weighted by molar-refractivity contribution is 7.12. The number of hydrogen-bond acceptors (Lipinski definition) is 3. The average molecular weight is 295 g/mol. The molecule has 1 aromatic heterocycles. The largest absolute Gasteiger partial charge is 0.397 e. The van der Waals surface area contributed by atoms with E-state index in [1.165, 1.54) is 11.3 Å². The number of hydrogen-bond donors (Lipinski definition) is 1. The first-order chi connectivity index (χ1) is 9.04. The Labute approximate surface area is 121 Å². The third-order valence-electron chi connectivity index (χ3n) is 2.98. The van der Waals surface area contributed by atoms with Crippen molar-refractivity contribution in [1.29, 1.82) is 0 Å². The maximum absolute atomic E-state index is 12.5. The lowest BCUT2D eigenvalue weighted by Gasteiger charge is -2.19. The summed E-state index contributed by atoms with van der Waals surface area (Å²) in [6.07, 6.45) is 0.837. The van der Waals surface area contributed by atoms with Crippen molar-refractivity contribution in [2.24, 2.45) is 0 Å². The van der Waals surface area contributed by atoms with Gasteiger partial charge in [0.05, 0.1) is 16.3 Å². The molecule has 0 unspecified atom stereocenters. The zero-order chi connectivity index (χ0) is 14.0. The molecule has 5 heteroatoms. The van der Waals surface area contributed by atoms with E-state index in [0.29, 0.717) is 16.4 Å². The summed E-state index contributed by atoms with van der Waals surface area (Å²) in [5, 5.41) is 2.49. The normalized spacial score (nSPS) is 10.5. The minimum Gasteiger partial charge on any atom is -0.397 e. The summed E-state index contributed by atoms with van der Waals surface area (Å²) in [7, 11) is 1.71. The van der Waals surface area contributed by atoms with Gasteiger partial charge in [-0.1, -0.05) is 18.5 Å². The Morgan fingerprint density at radius 3 is 2.84 bits per heavy atom. The summed E-state index contributed by atoms with van der Waals surface area (Å²) in [6, 6.07) is 7.10. The van der Waals surface area contributed by atoms with Crippen molar-refractivity contribution in [3.63, 3.8) is 0 Å². The minimum atomic E-state index is -0.0548. The Kier molecular flexibility index (Phi) is 4.12. The van der Waals surface area contributed by atoms with Crippen LogP contribution in [0.4, 0.5) is 11.4 Å². The average Bonchev–Trinajstić information content (AvgIpc) is 2.88. The molecule has 0 atom stereocenters. The van der Waals surface area contributed by atoms with Crippen molar-refractivity contribution in [2.75, 3.05) is 17.7 Å². The van der Waals surface area contributed by atoms with E-state index in [-0.39, 0.29) is 5.91 Å². The topological polar surface area (TPSA) is 46.3 Å². The van der Waals surface area contributed by atoms with Gasteiger partial charge in [0.2, 0.25) is 0 Å². The highest BCUT2D eigenvalue weighted by Gasteiger charge is 2.19. The molecule has 1 amide bonds. The van der Waals surface area contributed by atoms with Gasteiger partial charge in [-0.25, -0.2) is 0 Å². The summed E-state index contributed by atoms with van der Waals surface area (Å²) in [5.74, 6) is -0.0548. The van der Waals surface area contributed by atoms with Crippen molar-refractivity contribution in [3.05, 3.63) is 45.1 Å². The van der Waals surface area contributed by atoms with E-state index in [2.05, 4.69) is 0 Å². The molecule has 19 heavy (non-hydrogen) atoms. The van der Waals surface area contributed by atoms with Gasteiger partial charge >= 0.3 is 0 Å². The van der Waals surface area contributed by atoms with Gasteiger partial charge in [0.1, 0.15) is 0 Å². The fraction of sp³-hybridized carbons (Fsp3) is 0.214. The molecular formula is C14H15ClN2OS. The number of amides is 1. The van der Waals surface area contributed by atoms with E-state index < -0.39 is 0 Å². The predicted octanol–water partition coefficient (Wildman–Crippen LogP) is 3.82. The van der Waals surface area contributed by atoms with Crippen LogP contribution >= 0.6 is 22.9 Å². The van der Waals surface area contributed by atoms with Crippen LogP contribution in [0, 0.1) is 0 Å². The van der Waals surface area contributed by atoms with Gasteiger partial charge in [0.25, 0.3) is 5.91 Å². The second kappa shape index (κ2) is 5.63. The van der Waals surface area contributed by atoms with E-state index in [9.17, 15) is 4.79 Å². The summed E-state index contributed by atoms with van der Waals surface area (Å²) >= 11 is 7.41. The van der Waals surface area contributed by atoms with Crippen molar-refractivity contribution in [1.82, 2.24) is 0 Å². The molecule has 0 aliphatic heterocycles. The number of halogens is 1. The van der Waals surface area contributed by atoms with Gasteiger partial charge in [0.15, 0.2) is 0 Å². The molecular weight excluding hydrogens is 280 g/mol. The Morgan fingerprint density at radius 1 is 1.42 bits per heavy atom. The number of thiophene rings is 1. The number of rotatable bonds is 3. The van der Waals surface area contributed by atoms with Gasteiger partial charge in [-0.3, -0.25) is 4.79 Å². The number of carbonyl (C=O) groups excluding carboxylic acids is 1. The number of anilines is 2. The first-order valence-electron chi connectivity index (χ1n) is 5.94. The molecule has 0 fully saturated rings. The lowest BCUT2D eigenvalue weighted by atomic mass is 10.2. The maximum atomic E-state index is 12.5. The second-order valence-corrected chi connectivity index (χ2v) is 5.55. The summed E-state index contributed by atoms with van der Waals surface area (Å²) in [4.78, 5) is 14.8. The monoisotopic (exact) mass is 294 g/mol. The number of aryl methyl sites for hydroxylation is 1. The van der Waals surface area contributed by atoms with E-state index in [1.54, 1.807) is 30.1 Å². The van der Waals surface area contributed by atoms with E-state index >= 15 is 0 Å². The minimum absolute atomic E-state index is 0.0548. The lowest BCUT2D eigenvalue weighted by Crippen LogP contribution is -2.27. The van der Waals surface area contributed by atoms with Crippen molar-refractivity contribution in [2.45, 2.75) is 13.3 Å². The van der Waals surface area contributed by atoms with Gasteiger partial charge < -0.3 is 10.6 Å². The molecule has 2 N–H and O–H groups in total. The second-order valence-electron chi connectivity index (χ2n) is 4.20. The summed E-state index contributed by atoms with van der Waals surface area (Å²) in [5.41, 5.74) is 8.13. The maximum Gasteiger partial charge on any atom is 0.268 e. The first kappa shape index (κ1) is 13.9. The molecule has 0 saturated carbocycles. The van der Waals surface area contributed by atoms with E-state index in [4.69, 9.17) is 17.3 Å². The highest BCUT2D eigenvalue weighted by atomic mass is 35.5. The van der Waals surface area contributed by atoms with Crippen LogP contribution in [0.1, 0.15) is 22.2 Å². The number of nitrogens with two attached hydrogens (primary N) is 1. The first-order valence-corrected chi connectivity index (χ1v) is 7.19. The van der Waals surface area contributed by atoms with Crippen LogP contribution in [0.25, 0.3) is 0 Å². The van der Waals surface area contributed by atoms with Crippen LogP contribution in [-0.4, -0.2) is 13.0 Å². The molecule has 2 rings (SSSR count). The molecule has 3 nitrogen and oxygen atoms in total. The molecule has 0 aliphatic carbocycles. The Bertz CT molecular complexity index is 609. The number of nitrogen functional groups attached to an aromatic ring is 1. The van der Waals surface area contributed by atoms with Crippen LogP contribution in [0.3, 0.4) is 0 Å². The fourth-order valence-electron chi connectivity index (χ4n) is 1.87. The Morgan fingerprint density at radius 2 is 2.16 bits per heavy atom. The van der Waals surface area contributed by atoms with Gasteiger partial charge in [-0.2, -0.15) is 0 Å². The SMILES string of the molecule is CCc1ccsc1C(=O)N(C)c1cc(Cl)ccc1N. The van der Waals surface area contributed by atoms with Crippen molar-refractivity contribution in [3.8, 4) is 0 Å². The van der Waals surface area contributed by atoms with Gasteiger partial charge in [-0.05, 0) is 41.6 Å². The summed E-state index contributed by atoms with van der Waals surface area (Å²) in [6.45, 7) is 2.03. The molecule has 0 spiro atoms. The van der Waals surface area contributed by atoms with Crippen LogP contribution in [0.5, 0.6) is 0 Å². The van der Waals surface area contributed by atoms with Crippen LogP contribution in [0.15, 0.2) is 29.6 Å². The molecule has 0 radical (unpaired) electrons. The quantitative estimate of drug-likeness (QED) is 0.875. The molecule has 0 bridgehead atoms. The van der Waals surface area contributed by atoms with Crippen LogP contribution in [0.2, 0.25) is 5.02 Å². The van der Waals surface area contributed by atoms with Gasteiger partial charge in [-0.15, -0.1) is 11.3 Å².